The molecule has 3 nitrogen and oxygen atoms in total. The van der Waals surface area contributed by atoms with Crippen LogP contribution in [0.2, 0.25) is 0 Å². The molecule has 0 saturated carbocycles. The third-order valence-electron chi connectivity index (χ3n) is 2.36. The van der Waals surface area contributed by atoms with Crippen molar-refractivity contribution in [3.63, 3.8) is 0 Å². The van der Waals surface area contributed by atoms with Gasteiger partial charge in [0.15, 0.2) is 0 Å². The average Bonchev–Trinajstić information content (AvgIpc) is 2.31. The summed E-state index contributed by atoms with van der Waals surface area (Å²) in [5, 5.41) is 8.53. The fourth-order valence-electron chi connectivity index (χ4n) is 1.28. The normalized spacial score (nSPS) is 11.9. The van der Waals surface area contributed by atoms with Crippen LogP contribution < -0.4 is 4.74 Å². The van der Waals surface area contributed by atoms with Gasteiger partial charge in [0, 0.05) is 5.57 Å². The van der Waals surface area contributed by atoms with E-state index in [1.165, 1.54) is 0 Å². The molecule has 0 aliphatic carbocycles. The van der Waals surface area contributed by atoms with Crippen LogP contribution in [0.4, 0.5) is 4.39 Å². The lowest BCUT2D eigenvalue weighted by molar-refractivity contribution is -0.134. The zero-order chi connectivity index (χ0) is 12.8. The van der Waals surface area contributed by atoms with Gasteiger partial charge in [-0.2, -0.15) is 4.39 Å². The smallest absolute Gasteiger partial charge is 0.364 e. The Kier molecular flexibility index (Phi) is 4.69. The molecular formula is C13H15FO3. The maximum atomic E-state index is 13.2. The Labute approximate surface area is 99.5 Å². The summed E-state index contributed by atoms with van der Waals surface area (Å²) in [7, 11) is 0. The fraction of sp³-hybridized carbons (Fsp3) is 0.308. The van der Waals surface area contributed by atoms with Crippen LogP contribution in [0.5, 0.6) is 5.75 Å². The number of carboxylic acid groups (broad SMARTS) is 1. The molecule has 0 aliphatic heterocycles. The first-order chi connectivity index (χ1) is 8.04. The van der Waals surface area contributed by atoms with Crippen molar-refractivity contribution in [3.8, 4) is 5.75 Å². The summed E-state index contributed by atoms with van der Waals surface area (Å²) < 4.78 is 18.5. The average molecular weight is 238 g/mol. The summed E-state index contributed by atoms with van der Waals surface area (Å²) in [5.41, 5.74) is 1.25. The number of carboxylic acids is 1. The predicted molar refractivity (Wildman–Crippen MR) is 62.7 cm³/mol. The van der Waals surface area contributed by atoms with Crippen LogP contribution in [0, 0.1) is 6.92 Å². The van der Waals surface area contributed by atoms with E-state index in [1.807, 2.05) is 19.1 Å². The topological polar surface area (TPSA) is 46.5 Å². The number of benzene rings is 1. The minimum atomic E-state index is -1.55. The highest BCUT2D eigenvalue weighted by Crippen LogP contribution is 2.16. The molecule has 0 fully saturated rings. The van der Waals surface area contributed by atoms with Gasteiger partial charge >= 0.3 is 5.97 Å². The van der Waals surface area contributed by atoms with Gasteiger partial charge in [-0.25, -0.2) is 4.79 Å². The number of hydrogen-bond donors (Lipinski definition) is 1. The molecule has 0 radical (unpaired) electrons. The second kappa shape index (κ2) is 6.03. The van der Waals surface area contributed by atoms with Gasteiger partial charge in [-0.3, -0.25) is 0 Å². The van der Waals surface area contributed by atoms with Gasteiger partial charge in [-0.1, -0.05) is 24.6 Å². The molecule has 0 atom stereocenters. The van der Waals surface area contributed by atoms with Crippen LogP contribution in [0.15, 0.2) is 35.7 Å². The van der Waals surface area contributed by atoms with Gasteiger partial charge < -0.3 is 9.84 Å². The van der Waals surface area contributed by atoms with Crippen molar-refractivity contribution >= 4 is 5.97 Å². The van der Waals surface area contributed by atoms with Crippen molar-refractivity contribution < 1.29 is 19.0 Å². The Morgan fingerprint density at radius 3 is 2.41 bits per heavy atom. The van der Waals surface area contributed by atoms with Gasteiger partial charge in [-0.05, 0) is 25.5 Å². The van der Waals surface area contributed by atoms with Gasteiger partial charge in [0.1, 0.15) is 12.4 Å². The number of carbonyl (C=O) groups is 1. The van der Waals surface area contributed by atoms with E-state index in [4.69, 9.17) is 9.84 Å². The molecule has 1 rings (SSSR count). The van der Waals surface area contributed by atoms with E-state index < -0.39 is 11.8 Å². The summed E-state index contributed by atoms with van der Waals surface area (Å²) in [4.78, 5) is 10.5. The van der Waals surface area contributed by atoms with Crippen LogP contribution in [-0.2, 0) is 4.79 Å². The summed E-state index contributed by atoms with van der Waals surface area (Å²) in [6, 6.07) is 7.28. The standard InChI is InChI=1S/C13H15FO3/c1-3-10(12(14)13(15)16)8-17-11-6-4-9(2)5-7-11/h4-7H,3,8H2,1-2H3,(H,15,16)/b12-10+. The predicted octanol–water partition coefficient (Wildman–Crippen LogP) is 3.09. The maximum absolute atomic E-state index is 13.2. The van der Waals surface area contributed by atoms with E-state index in [0.29, 0.717) is 12.2 Å². The molecule has 0 saturated heterocycles. The van der Waals surface area contributed by atoms with E-state index in [-0.39, 0.29) is 12.2 Å². The Morgan fingerprint density at radius 1 is 1.35 bits per heavy atom. The molecule has 4 heteroatoms. The molecule has 0 amide bonds. The Morgan fingerprint density at radius 2 is 1.94 bits per heavy atom. The maximum Gasteiger partial charge on any atom is 0.364 e. The van der Waals surface area contributed by atoms with Crippen molar-refractivity contribution in [1.29, 1.82) is 0 Å². The lowest BCUT2D eigenvalue weighted by Crippen LogP contribution is -2.07. The second-order valence-electron chi connectivity index (χ2n) is 3.68. The van der Waals surface area contributed by atoms with Crippen LogP contribution in [-0.4, -0.2) is 17.7 Å². The third kappa shape index (κ3) is 3.90. The molecule has 92 valence electrons. The van der Waals surface area contributed by atoms with Crippen molar-refractivity contribution in [2.75, 3.05) is 6.61 Å². The zero-order valence-corrected chi connectivity index (χ0v) is 9.87. The van der Waals surface area contributed by atoms with Crippen LogP contribution in [0.1, 0.15) is 18.9 Å². The molecule has 0 bridgehead atoms. The number of halogens is 1. The summed E-state index contributed by atoms with van der Waals surface area (Å²) in [6.45, 7) is 3.60. The zero-order valence-electron chi connectivity index (χ0n) is 9.87. The Balaban J connectivity index is 2.69. The highest BCUT2D eigenvalue weighted by atomic mass is 19.1. The van der Waals surface area contributed by atoms with E-state index in [9.17, 15) is 9.18 Å². The molecule has 0 unspecified atom stereocenters. The first-order valence-electron chi connectivity index (χ1n) is 5.35. The SMILES string of the molecule is CC/C(COc1ccc(C)cc1)=C(\F)C(=O)O. The molecule has 0 aliphatic rings. The minimum Gasteiger partial charge on any atom is -0.489 e. The second-order valence-corrected chi connectivity index (χ2v) is 3.68. The fourth-order valence-corrected chi connectivity index (χ4v) is 1.28. The number of aryl methyl sites for hydroxylation is 1. The molecule has 1 N–H and O–H groups in total. The minimum absolute atomic E-state index is 0.0440. The highest BCUT2D eigenvalue weighted by Gasteiger charge is 2.12. The molecule has 0 spiro atoms. The molecule has 1 aromatic rings. The van der Waals surface area contributed by atoms with Crippen molar-refractivity contribution in [3.05, 3.63) is 41.2 Å². The number of aliphatic carboxylic acids is 1. The molecular weight excluding hydrogens is 223 g/mol. The van der Waals surface area contributed by atoms with Gasteiger partial charge in [0.25, 0.3) is 0 Å². The quantitative estimate of drug-likeness (QED) is 0.802. The van der Waals surface area contributed by atoms with Crippen molar-refractivity contribution in [2.24, 2.45) is 0 Å². The van der Waals surface area contributed by atoms with Gasteiger partial charge in [0.2, 0.25) is 5.83 Å². The first-order valence-corrected chi connectivity index (χ1v) is 5.35. The van der Waals surface area contributed by atoms with E-state index in [1.54, 1.807) is 19.1 Å². The Hall–Kier alpha value is -1.84. The molecule has 17 heavy (non-hydrogen) atoms. The largest absolute Gasteiger partial charge is 0.489 e. The third-order valence-corrected chi connectivity index (χ3v) is 2.36. The highest BCUT2D eigenvalue weighted by molar-refractivity contribution is 5.84. The summed E-state index contributed by atoms with van der Waals surface area (Å²) >= 11 is 0. The Bertz CT molecular complexity index is 421. The van der Waals surface area contributed by atoms with Gasteiger partial charge in [0.05, 0.1) is 0 Å². The van der Waals surface area contributed by atoms with Crippen molar-refractivity contribution in [2.45, 2.75) is 20.3 Å². The number of hydrogen-bond acceptors (Lipinski definition) is 2. The summed E-state index contributed by atoms with van der Waals surface area (Å²) in [5.74, 6) is -2.08. The van der Waals surface area contributed by atoms with E-state index >= 15 is 0 Å². The van der Waals surface area contributed by atoms with Crippen molar-refractivity contribution in [1.82, 2.24) is 0 Å². The molecule has 0 heterocycles. The van der Waals surface area contributed by atoms with Crippen LogP contribution in [0.25, 0.3) is 0 Å². The lowest BCUT2D eigenvalue weighted by atomic mass is 10.2. The van der Waals surface area contributed by atoms with Gasteiger partial charge in [-0.15, -0.1) is 0 Å². The van der Waals surface area contributed by atoms with Crippen LogP contribution in [0.3, 0.4) is 0 Å². The lowest BCUT2D eigenvalue weighted by Gasteiger charge is -2.08. The monoisotopic (exact) mass is 238 g/mol. The molecule has 0 aromatic heterocycles. The van der Waals surface area contributed by atoms with E-state index in [0.717, 1.165) is 5.56 Å². The summed E-state index contributed by atoms with van der Waals surface area (Å²) in [6.07, 6.45) is 0.310. The first kappa shape index (κ1) is 13.2. The number of rotatable bonds is 5. The van der Waals surface area contributed by atoms with E-state index in [2.05, 4.69) is 0 Å². The van der Waals surface area contributed by atoms with Crippen LogP contribution >= 0.6 is 0 Å². The number of ether oxygens (including phenoxy) is 1. The molecule has 1 aromatic carbocycles.